The Morgan fingerprint density at radius 3 is 2.14 bits per heavy atom. The molecule has 0 radical (unpaired) electrons. The van der Waals surface area contributed by atoms with Gasteiger partial charge in [-0.1, -0.05) is 17.7 Å². The minimum atomic E-state index is -1.15. The van der Waals surface area contributed by atoms with Crippen molar-refractivity contribution in [3.63, 3.8) is 0 Å². The highest BCUT2D eigenvalue weighted by Crippen LogP contribution is 2.21. The summed E-state index contributed by atoms with van der Waals surface area (Å²) in [6.45, 7) is 3.30. The number of ether oxygens (including phenoxy) is 1. The molecule has 0 atom stereocenters. The molecule has 148 valence electrons. The van der Waals surface area contributed by atoms with Crippen molar-refractivity contribution in [3.8, 4) is 5.75 Å². The van der Waals surface area contributed by atoms with Crippen LogP contribution in [0.5, 0.6) is 5.75 Å². The lowest BCUT2D eigenvalue weighted by molar-refractivity contribution is -0.133. The topological polar surface area (TPSA) is 80.3 Å². The molecule has 2 N–H and O–H groups in total. The zero-order valence-corrected chi connectivity index (χ0v) is 16.7. The van der Waals surface area contributed by atoms with E-state index in [1.165, 1.54) is 0 Å². The summed E-state index contributed by atoms with van der Waals surface area (Å²) >= 11 is 5.86. The van der Waals surface area contributed by atoms with Crippen LogP contribution in [0.15, 0.2) is 72.9 Å². The molecule has 3 aromatic rings. The second kappa shape index (κ2) is 8.75. The number of hydrazine groups is 1. The maximum absolute atomic E-state index is 12.5. The van der Waals surface area contributed by atoms with Gasteiger partial charge in [0.2, 0.25) is 0 Å². The van der Waals surface area contributed by atoms with Crippen LogP contribution < -0.4 is 15.6 Å². The fourth-order valence-electron chi connectivity index (χ4n) is 2.49. The van der Waals surface area contributed by atoms with Crippen LogP contribution in [0.1, 0.15) is 29.8 Å². The number of benzene rings is 2. The zero-order valence-electron chi connectivity index (χ0n) is 16.0. The number of amides is 1. The second-order valence-corrected chi connectivity index (χ2v) is 7.20. The van der Waals surface area contributed by atoms with Crippen LogP contribution in [0.3, 0.4) is 0 Å². The monoisotopic (exact) mass is 409 g/mol. The van der Waals surface area contributed by atoms with Gasteiger partial charge in [0, 0.05) is 22.3 Å². The molecule has 0 bridgehead atoms. The van der Waals surface area contributed by atoms with Crippen LogP contribution in [-0.4, -0.2) is 22.3 Å². The molecule has 0 saturated heterocycles. The molecular formula is C22H20ClN3O3. The summed E-state index contributed by atoms with van der Waals surface area (Å²) in [4.78, 5) is 29.0. The quantitative estimate of drug-likeness (QED) is 0.450. The number of halogens is 1. The fourth-order valence-corrected chi connectivity index (χ4v) is 2.62. The predicted molar refractivity (Wildman–Crippen MR) is 112 cm³/mol. The molecule has 1 heterocycles. The molecule has 0 spiro atoms. The van der Waals surface area contributed by atoms with E-state index in [1.807, 2.05) is 0 Å². The first-order chi connectivity index (χ1) is 13.8. The Morgan fingerprint density at radius 2 is 1.55 bits per heavy atom. The number of rotatable bonds is 7. The van der Waals surface area contributed by atoms with Crippen molar-refractivity contribution in [3.05, 3.63) is 89.1 Å². The molecule has 2 aromatic carbocycles. The van der Waals surface area contributed by atoms with Crippen LogP contribution in [0.4, 0.5) is 5.82 Å². The van der Waals surface area contributed by atoms with E-state index < -0.39 is 5.60 Å². The predicted octanol–water partition coefficient (Wildman–Crippen LogP) is 4.27. The SMILES string of the molecule is CC(C)(Oc1ccc(C(=O)c2ccc(Cl)cc2)cc1)C(=O)NNc1ccccn1. The van der Waals surface area contributed by atoms with Crippen LogP contribution in [-0.2, 0) is 4.79 Å². The molecule has 6 nitrogen and oxygen atoms in total. The number of aromatic nitrogens is 1. The summed E-state index contributed by atoms with van der Waals surface area (Å²) in [6, 6.07) is 18.6. The molecule has 0 aliphatic carbocycles. The third-order valence-electron chi connectivity index (χ3n) is 4.11. The average molecular weight is 410 g/mol. The van der Waals surface area contributed by atoms with Crippen LogP contribution in [0.25, 0.3) is 0 Å². The Hall–Kier alpha value is -3.38. The van der Waals surface area contributed by atoms with Gasteiger partial charge in [0.25, 0.3) is 5.91 Å². The molecule has 0 aliphatic heterocycles. The highest BCUT2D eigenvalue weighted by molar-refractivity contribution is 6.30. The maximum Gasteiger partial charge on any atom is 0.281 e. The molecule has 3 rings (SSSR count). The second-order valence-electron chi connectivity index (χ2n) is 6.77. The smallest absolute Gasteiger partial charge is 0.281 e. The Morgan fingerprint density at radius 1 is 0.931 bits per heavy atom. The van der Waals surface area contributed by atoms with Crippen molar-refractivity contribution in [1.29, 1.82) is 0 Å². The van der Waals surface area contributed by atoms with E-state index in [9.17, 15) is 9.59 Å². The van der Waals surface area contributed by atoms with Gasteiger partial charge >= 0.3 is 0 Å². The highest BCUT2D eigenvalue weighted by Gasteiger charge is 2.30. The van der Waals surface area contributed by atoms with E-state index in [-0.39, 0.29) is 11.7 Å². The average Bonchev–Trinajstić information content (AvgIpc) is 2.73. The van der Waals surface area contributed by atoms with Crippen molar-refractivity contribution in [2.24, 2.45) is 0 Å². The van der Waals surface area contributed by atoms with Crippen molar-refractivity contribution in [1.82, 2.24) is 10.4 Å². The van der Waals surface area contributed by atoms with Gasteiger partial charge < -0.3 is 4.74 Å². The summed E-state index contributed by atoms with van der Waals surface area (Å²) in [5, 5.41) is 0.573. The van der Waals surface area contributed by atoms with Gasteiger partial charge in [0.05, 0.1) is 0 Å². The van der Waals surface area contributed by atoms with Crippen LogP contribution >= 0.6 is 11.6 Å². The van der Waals surface area contributed by atoms with Crippen LogP contribution in [0, 0.1) is 0 Å². The summed E-state index contributed by atoms with van der Waals surface area (Å²) in [6.07, 6.45) is 1.61. The first-order valence-corrected chi connectivity index (χ1v) is 9.30. The van der Waals surface area contributed by atoms with Gasteiger partial charge in [-0.15, -0.1) is 0 Å². The molecule has 0 saturated carbocycles. The Kier molecular flexibility index (Phi) is 6.14. The Bertz CT molecular complexity index is 988. The molecule has 1 aromatic heterocycles. The largest absolute Gasteiger partial charge is 0.478 e. The number of nitrogens with one attached hydrogen (secondary N) is 2. The molecule has 0 fully saturated rings. The van der Waals surface area contributed by atoms with Crippen molar-refractivity contribution >= 4 is 29.1 Å². The number of pyridine rings is 1. The highest BCUT2D eigenvalue weighted by atomic mass is 35.5. The first-order valence-electron chi connectivity index (χ1n) is 8.92. The lowest BCUT2D eigenvalue weighted by Crippen LogP contribution is -2.48. The van der Waals surface area contributed by atoms with Crippen molar-refractivity contribution in [2.45, 2.75) is 19.4 Å². The normalized spacial score (nSPS) is 10.9. The van der Waals surface area contributed by atoms with Gasteiger partial charge in [-0.2, -0.15) is 0 Å². The number of nitrogens with zero attached hydrogens (tertiary/aromatic N) is 1. The van der Waals surface area contributed by atoms with Gasteiger partial charge in [0.1, 0.15) is 11.6 Å². The molecule has 0 aliphatic rings. The number of hydrogen-bond acceptors (Lipinski definition) is 5. The number of anilines is 1. The number of carbonyl (C=O) groups excluding carboxylic acids is 2. The van der Waals surface area contributed by atoms with E-state index >= 15 is 0 Å². The van der Waals surface area contributed by atoms with E-state index in [0.29, 0.717) is 27.7 Å². The van der Waals surface area contributed by atoms with Crippen molar-refractivity contribution in [2.75, 3.05) is 5.43 Å². The molecule has 0 unspecified atom stereocenters. The number of hydrogen-bond donors (Lipinski definition) is 2. The maximum atomic E-state index is 12.5. The zero-order chi connectivity index (χ0) is 20.9. The first kappa shape index (κ1) is 20.4. The van der Waals surface area contributed by atoms with Gasteiger partial charge in [0.15, 0.2) is 11.4 Å². The fraction of sp³-hybridized carbons (Fsp3) is 0.136. The standard InChI is InChI=1S/C22H20ClN3O3/c1-22(2,21(28)26-25-19-5-3-4-14-24-19)29-18-12-8-16(9-13-18)20(27)15-6-10-17(23)11-7-15/h3-14H,1-2H3,(H,24,25)(H,26,28). The molecule has 7 heteroatoms. The van der Waals surface area contributed by atoms with Gasteiger partial charge in [-0.3, -0.25) is 20.4 Å². The number of ketones is 1. The number of carbonyl (C=O) groups is 2. The lowest BCUT2D eigenvalue weighted by Gasteiger charge is -2.25. The summed E-state index contributed by atoms with van der Waals surface area (Å²) in [7, 11) is 0. The summed E-state index contributed by atoms with van der Waals surface area (Å²) in [5.41, 5.74) is 5.22. The van der Waals surface area contributed by atoms with E-state index in [1.54, 1.807) is 86.8 Å². The van der Waals surface area contributed by atoms with E-state index in [2.05, 4.69) is 15.8 Å². The van der Waals surface area contributed by atoms with E-state index in [4.69, 9.17) is 16.3 Å². The molecular weight excluding hydrogens is 390 g/mol. The molecule has 1 amide bonds. The van der Waals surface area contributed by atoms with Crippen molar-refractivity contribution < 1.29 is 14.3 Å². The third-order valence-corrected chi connectivity index (χ3v) is 4.36. The summed E-state index contributed by atoms with van der Waals surface area (Å²) in [5.74, 6) is 0.492. The van der Waals surface area contributed by atoms with E-state index in [0.717, 1.165) is 0 Å². The summed E-state index contributed by atoms with van der Waals surface area (Å²) < 4.78 is 5.81. The van der Waals surface area contributed by atoms with Crippen LogP contribution in [0.2, 0.25) is 5.02 Å². The molecule has 29 heavy (non-hydrogen) atoms. The Balaban J connectivity index is 1.62. The third kappa shape index (κ3) is 5.33. The van der Waals surface area contributed by atoms with Gasteiger partial charge in [-0.05, 0) is 74.5 Å². The Labute approximate surface area is 173 Å². The minimum absolute atomic E-state index is 0.121. The van der Waals surface area contributed by atoms with Gasteiger partial charge in [-0.25, -0.2) is 4.98 Å². The minimum Gasteiger partial charge on any atom is -0.478 e. The lowest BCUT2D eigenvalue weighted by atomic mass is 10.0.